The zero-order valence-corrected chi connectivity index (χ0v) is 14.9. The van der Waals surface area contributed by atoms with Gasteiger partial charge in [-0.2, -0.15) is 10.1 Å². The van der Waals surface area contributed by atoms with Gasteiger partial charge in [0.1, 0.15) is 11.5 Å². The lowest BCUT2D eigenvalue weighted by Crippen LogP contribution is -2.33. The molecule has 0 aliphatic carbocycles. The highest BCUT2D eigenvalue weighted by Gasteiger charge is 2.26. The summed E-state index contributed by atoms with van der Waals surface area (Å²) in [7, 11) is 1.67. The van der Waals surface area contributed by atoms with Crippen LogP contribution in [0.2, 0.25) is 0 Å². The largest absolute Gasteiger partial charge is 0.458 e. The van der Waals surface area contributed by atoms with Crippen LogP contribution in [0, 0.1) is 0 Å². The van der Waals surface area contributed by atoms with E-state index in [1.165, 1.54) is 0 Å². The SMILES string of the molecule is COCCc1noc([C@H]2CCCN(Cc3ccc(-c4ccn[nH]4)o3)C2)n1. The summed E-state index contributed by atoms with van der Waals surface area (Å²) in [4.78, 5) is 6.91. The van der Waals surface area contributed by atoms with Gasteiger partial charge in [0.25, 0.3) is 0 Å². The lowest BCUT2D eigenvalue weighted by atomic mass is 9.98. The molecule has 0 spiro atoms. The van der Waals surface area contributed by atoms with Gasteiger partial charge in [0.05, 0.1) is 19.1 Å². The summed E-state index contributed by atoms with van der Waals surface area (Å²) >= 11 is 0. The Hall–Kier alpha value is -2.45. The zero-order valence-electron chi connectivity index (χ0n) is 14.9. The van der Waals surface area contributed by atoms with E-state index in [1.807, 2.05) is 18.2 Å². The Balaban J connectivity index is 1.37. The Morgan fingerprint density at radius 1 is 1.35 bits per heavy atom. The Morgan fingerprint density at radius 3 is 3.15 bits per heavy atom. The molecule has 3 aromatic rings. The molecule has 4 heterocycles. The fraction of sp³-hybridized carbons (Fsp3) is 0.500. The first kappa shape index (κ1) is 17.0. The maximum Gasteiger partial charge on any atom is 0.231 e. The summed E-state index contributed by atoms with van der Waals surface area (Å²) in [6.45, 7) is 3.31. The van der Waals surface area contributed by atoms with Gasteiger partial charge in [-0.05, 0) is 37.6 Å². The average molecular weight is 357 g/mol. The highest BCUT2D eigenvalue weighted by Crippen LogP contribution is 2.28. The number of piperidine rings is 1. The number of H-pyrrole nitrogens is 1. The van der Waals surface area contributed by atoms with Gasteiger partial charge >= 0.3 is 0 Å². The van der Waals surface area contributed by atoms with Gasteiger partial charge in [0, 0.05) is 26.3 Å². The van der Waals surface area contributed by atoms with Crippen LogP contribution in [0.15, 0.2) is 33.3 Å². The highest BCUT2D eigenvalue weighted by molar-refractivity contribution is 5.51. The predicted molar refractivity (Wildman–Crippen MR) is 93.4 cm³/mol. The van der Waals surface area contributed by atoms with E-state index in [-0.39, 0.29) is 5.92 Å². The molecule has 26 heavy (non-hydrogen) atoms. The third-order valence-electron chi connectivity index (χ3n) is 4.68. The molecule has 1 aliphatic rings. The predicted octanol–water partition coefficient (Wildman–Crippen LogP) is 2.62. The molecule has 0 aromatic carbocycles. The molecule has 0 radical (unpaired) electrons. The number of likely N-dealkylation sites (tertiary alicyclic amines) is 1. The molecule has 1 fully saturated rings. The number of furan rings is 1. The van der Waals surface area contributed by atoms with Crippen LogP contribution in [-0.2, 0) is 17.7 Å². The summed E-state index contributed by atoms with van der Waals surface area (Å²) in [6, 6.07) is 5.90. The number of nitrogens with one attached hydrogen (secondary N) is 1. The Labute approximate surface area is 151 Å². The molecule has 8 nitrogen and oxygen atoms in total. The molecule has 138 valence electrons. The number of hydrogen-bond acceptors (Lipinski definition) is 7. The van der Waals surface area contributed by atoms with Gasteiger partial charge in [-0.1, -0.05) is 5.16 Å². The Bertz CT molecular complexity index is 811. The quantitative estimate of drug-likeness (QED) is 0.695. The first-order valence-corrected chi connectivity index (χ1v) is 8.94. The fourth-order valence-corrected chi connectivity index (χ4v) is 3.35. The van der Waals surface area contributed by atoms with Crippen LogP contribution >= 0.6 is 0 Å². The molecule has 8 heteroatoms. The normalized spacial score (nSPS) is 18.4. The summed E-state index contributed by atoms with van der Waals surface area (Å²) in [5, 5.41) is 10.9. The van der Waals surface area contributed by atoms with Crippen LogP contribution in [0.25, 0.3) is 11.5 Å². The molecule has 3 aromatic heterocycles. The van der Waals surface area contributed by atoms with E-state index in [0.29, 0.717) is 18.9 Å². The molecule has 0 saturated carbocycles. The number of rotatable bonds is 7. The van der Waals surface area contributed by atoms with E-state index in [1.54, 1.807) is 13.3 Å². The van der Waals surface area contributed by atoms with Gasteiger partial charge in [0.2, 0.25) is 5.89 Å². The van der Waals surface area contributed by atoms with E-state index < -0.39 is 0 Å². The minimum absolute atomic E-state index is 0.273. The van der Waals surface area contributed by atoms with Crippen molar-refractivity contribution in [2.75, 3.05) is 26.8 Å². The van der Waals surface area contributed by atoms with Gasteiger partial charge in [0.15, 0.2) is 11.6 Å². The maximum atomic E-state index is 5.94. The van der Waals surface area contributed by atoms with Crippen molar-refractivity contribution < 1.29 is 13.7 Å². The monoisotopic (exact) mass is 357 g/mol. The third kappa shape index (κ3) is 3.86. The van der Waals surface area contributed by atoms with Crippen molar-refractivity contribution in [1.29, 1.82) is 0 Å². The number of ether oxygens (including phenoxy) is 1. The zero-order chi connectivity index (χ0) is 17.8. The molecule has 1 aliphatic heterocycles. The molecule has 0 amide bonds. The van der Waals surface area contributed by atoms with E-state index in [9.17, 15) is 0 Å². The van der Waals surface area contributed by atoms with Crippen molar-refractivity contribution in [3.63, 3.8) is 0 Å². The number of methoxy groups -OCH3 is 1. The van der Waals surface area contributed by atoms with Crippen molar-refractivity contribution in [2.45, 2.75) is 31.7 Å². The number of nitrogens with zero attached hydrogens (tertiary/aromatic N) is 4. The van der Waals surface area contributed by atoms with Gasteiger partial charge < -0.3 is 13.7 Å². The van der Waals surface area contributed by atoms with Crippen LogP contribution < -0.4 is 0 Å². The lowest BCUT2D eigenvalue weighted by molar-refractivity contribution is 0.170. The molecule has 4 rings (SSSR count). The molecule has 0 unspecified atom stereocenters. The van der Waals surface area contributed by atoms with Gasteiger partial charge in [-0.3, -0.25) is 10.00 Å². The molecule has 1 atom stereocenters. The molecule has 1 saturated heterocycles. The van der Waals surface area contributed by atoms with Crippen molar-refractivity contribution in [3.8, 4) is 11.5 Å². The minimum atomic E-state index is 0.273. The smallest absolute Gasteiger partial charge is 0.231 e. The van der Waals surface area contributed by atoms with Crippen LogP contribution in [0.5, 0.6) is 0 Å². The number of hydrogen-bond donors (Lipinski definition) is 1. The second-order valence-electron chi connectivity index (χ2n) is 6.60. The van der Waals surface area contributed by atoms with Gasteiger partial charge in [-0.15, -0.1) is 0 Å². The van der Waals surface area contributed by atoms with E-state index in [0.717, 1.165) is 55.6 Å². The molecular formula is C18H23N5O3. The molecule has 0 bridgehead atoms. The second-order valence-corrected chi connectivity index (χ2v) is 6.60. The topological polar surface area (TPSA) is 93.2 Å². The number of aromatic nitrogens is 4. The molecule has 1 N–H and O–H groups in total. The van der Waals surface area contributed by atoms with Crippen molar-refractivity contribution >= 4 is 0 Å². The van der Waals surface area contributed by atoms with Crippen LogP contribution in [0.4, 0.5) is 0 Å². The van der Waals surface area contributed by atoms with Crippen molar-refractivity contribution in [2.24, 2.45) is 0 Å². The second kappa shape index (κ2) is 7.84. The average Bonchev–Trinajstić information content (AvgIpc) is 3.41. The fourth-order valence-electron chi connectivity index (χ4n) is 3.35. The van der Waals surface area contributed by atoms with E-state index in [4.69, 9.17) is 13.7 Å². The van der Waals surface area contributed by atoms with E-state index in [2.05, 4.69) is 25.2 Å². The highest BCUT2D eigenvalue weighted by atomic mass is 16.5. The minimum Gasteiger partial charge on any atom is -0.458 e. The van der Waals surface area contributed by atoms with Crippen molar-refractivity contribution in [3.05, 3.63) is 41.9 Å². The van der Waals surface area contributed by atoms with Gasteiger partial charge in [-0.25, -0.2) is 0 Å². The summed E-state index contributed by atoms with van der Waals surface area (Å²) in [6.07, 6.45) is 4.58. The Morgan fingerprint density at radius 2 is 2.31 bits per heavy atom. The molecular weight excluding hydrogens is 334 g/mol. The van der Waals surface area contributed by atoms with Crippen LogP contribution in [-0.4, -0.2) is 52.0 Å². The standard InChI is InChI=1S/C18H23N5O3/c1-24-10-7-17-20-18(26-22-17)13-3-2-9-23(11-13)12-14-4-5-16(25-14)15-6-8-19-21-15/h4-6,8,13H,2-3,7,9-12H2,1H3,(H,19,21)/t13-/m0/s1. The number of aromatic amines is 1. The van der Waals surface area contributed by atoms with E-state index >= 15 is 0 Å². The Kier molecular flexibility index (Phi) is 5.12. The van der Waals surface area contributed by atoms with Crippen molar-refractivity contribution in [1.82, 2.24) is 25.2 Å². The lowest BCUT2D eigenvalue weighted by Gasteiger charge is -2.30. The maximum absolute atomic E-state index is 5.94. The van der Waals surface area contributed by atoms with Crippen LogP contribution in [0.1, 0.15) is 36.2 Å². The summed E-state index contributed by atoms with van der Waals surface area (Å²) < 4.78 is 16.5. The third-order valence-corrected chi connectivity index (χ3v) is 4.68. The first-order valence-electron chi connectivity index (χ1n) is 8.94. The van der Waals surface area contributed by atoms with Crippen LogP contribution in [0.3, 0.4) is 0 Å². The first-order chi connectivity index (χ1) is 12.8. The summed E-state index contributed by atoms with van der Waals surface area (Å²) in [5.41, 5.74) is 0.891. The summed E-state index contributed by atoms with van der Waals surface area (Å²) in [5.74, 6) is 3.48.